The molecule has 0 saturated heterocycles. The van der Waals surface area contributed by atoms with E-state index in [0.717, 1.165) is 11.3 Å². The van der Waals surface area contributed by atoms with Gasteiger partial charge in [-0.3, -0.25) is 0 Å². The highest BCUT2D eigenvalue weighted by Gasteiger charge is 2.07. The third kappa shape index (κ3) is 5.86. The lowest BCUT2D eigenvalue weighted by Crippen LogP contribution is -2.30. The summed E-state index contributed by atoms with van der Waals surface area (Å²) in [5.41, 5.74) is 1.86. The minimum absolute atomic E-state index is 0.261. The number of benzene rings is 2. The average molecular weight is 375 g/mol. The lowest BCUT2D eigenvalue weighted by Gasteiger charge is -2.14. The number of aliphatic hydroxyl groups excluding tert-OH is 1. The molecule has 146 valence electrons. The number of hydrogen-bond acceptors (Lipinski definition) is 4. The molecule has 0 aliphatic rings. The molecule has 27 heavy (non-hydrogen) atoms. The number of hydrogen-bond donors (Lipinski definition) is 3. The molecule has 7 heteroatoms. The minimum Gasteiger partial charge on any atom is -0.493 e. The Morgan fingerprint density at radius 1 is 1.15 bits per heavy atom. The molecule has 2 rings (SSSR count). The third-order valence-corrected chi connectivity index (χ3v) is 3.77. The van der Waals surface area contributed by atoms with Crippen molar-refractivity contribution in [3.8, 4) is 11.5 Å². The Balaban J connectivity index is 2.16. The summed E-state index contributed by atoms with van der Waals surface area (Å²) in [4.78, 5) is 4.52. The summed E-state index contributed by atoms with van der Waals surface area (Å²) in [5.74, 6) is 1.47. The van der Waals surface area contributed by atoms with E-state index < -0.39 is 5.82 Å². The fourth-order valence-corrected chi connectivity index (χ4v) is 2.48. The Bertz CT molecular complexity index is 781. The van der Waals surface area contributed by atoms with Gasteiger partial charge < -0.3 is 25.2 Å². The highest BCUT2D eigenvalue weighted by atomic mass is 19.1. The van der Waals surface area contributed by atoms with Gasteiger partial charge in [-0.2, -0.15) is 0 Å². The number of aliphatic hydroxyl groups is 1. The van der Waals surface area contributed by atoms with Crippen molar-refractivity contribution in [1.29, 1.82) is 0 Å². The first-order valence-electron chi connectivity index (χ1n) is 8.85. The van der Waals surface area contributed by atoms with Crippen molar-refractivity contribution in [2.45, 2.75) is 27.0 Å². The van der Waals surface area contributed by atoms with Crippen LogP contribution in [0.3, 0.4) is 0 Å². The first kappa shape index (κ1) is 20.5. The number of rotatable bonds is 8. The van der Waals surface area contributed by atoms with E-state index in [2.05, 4.69) is 15.6 Å². The van der Waals surface area contributed by atoms with Crippen LogP contribution in [0.1, 0.15) is 25.0 Å². The molecule has 0 heterocycles. The minimum atomic E-state index is -0.420. The number of nitrogens with one attached hydrogen (secondary N) is 2. The van der Waals surface area contributed by atoms with Crippen molar-refractivity contribution in [2.75, 3.05) is 25.6 Å². The molecule has 0 aliphatic carbocycles. The molecule has 0 saturated carbocycles. The van der Waals surface area contributed by atoms with Crippen LogP contribution in [0.15, 0.2) is 41.4 Å². The molecule has 0 aromatic heterocycles. The third-order valence-electron chi connectivity index (χ3n) is 3.77. The Kier molecular flexibility index (Phi) is 7.88. The van der Waals surface area contributed by atoms with Gasteiger partial charge in [-0.15, -0.1) is 0 Å². The van der Waals surface area contributed by atoms with Gasteiger partial charge in [0.1, 0.15) is 5.82 Å². The zero-order chi connectivity index (χ0) is 19.6. The van der Waals surface area contributed by atoms with Crippen molar-refractivity contribution in [1.82, 2.24) is 5.32 Å². The van der Waals surface area contributed by atoms with E-state index in [1.807, 2.05) is 32.0 Å². The van der Waals surface area contributed by atoms with Gasteiger partial charge in [0.2, 0.25) is 0 Å². The van der Waals surface area contributed by atoms with E-state index in [-0.39, 0.29) is 12.2 Å². The van der Waals surface area contributed by atoms with Crippen LogP contribution >= 0.6 is 0 Å². The van der Waals surface area contributed by atoms with Crippen LogP contribution in [0, 0.1) is 5.82 Å². The van der Waals surface area contributed by atoms with E-state index in [1.54, 1.807) is 19.2 Å². The maximum absolute atomic E-state index is 13.5. The average Bonchev–Trinajstić information content (AvgIpc) is 2.68. The molecular weight excluding hydrogens is 349 g/mol. The Morgan fingerprint density at radius 2 is 1.96 bits per heavy atom. The SMILES string of the molecule is CCNC(=NCc1ccc(F)c(CO)c1)Nc1ccc(OCC)c(OC)c1. The number of ether oxygens (including phenoxy) is 2. The van der Waals surface area contributed by atoms with Gasteiger partial charge in [-0.1, -0.05) is 6.07 Å². The summed E-state index contributed by atoms with van der Waals surface area (Å²) in [7, 11) is 1.59. The monoisotopic (exact) mass is 375 g/mol. The van der Waals surface area contributed by atoms with Gasteiger partial charge >= 0.3 is 0 Å². The topological polar surface area (TPSA) is 75.1 Å². The van der Waals surface area contributed by atoms with E-state index in [4.69, 9.17) is 9.47 Å². The van der Waals surface area contributed by atoms with Crippen LogP contribution in [0.4, 0.5) is 10.1 Å². The van der Waals surface area contributed by atoms with Crippen LogP contribution in [0.2, 0.25) is 0 Å². The summed E-state index contributed by atoms with van der Waals surface area (Å²) in [6, 6.07) is 10.2. The van der Waals surface area contributed by atoms with Crippen LogP contribution in [-0.4, -0.2) is 31.3 Å². The molecular formula is C20H26FN3O3. The zero-order valence-corrected chi connectivity index (χ0v) is 15.9. The molecule has 0 bridgehead atoms. The first-order valence-corrected chi connectivity index (χ1v) is 8.85. The van der Waals surface area contributed by atoms with E-state index in [0.29, 0.717) is 37.2 Å². The van der Waals surface area contributed by atoms with E-state index in [1.165, 1.54) is 6.07 Å². The number of methoxy groups -OCH3 is 1. The van der Waals surface area contributed by atoms with Gasteiger partial charge in [0.05, 0.1) is 26.9 Å². The van der Waals surface area contributed by atoms with Crippen LogP contribution in [0.25, 0.3) is 0 Å². The normalized spacial score (nSPS) is 11.2. The summed E-state index contributed by atoms with van der Waals surface area (Å²) in [5, 5.41) is 15.6. The predicted octanol–water partition coefficient (Wildman–Crippen LogP) is 3.30. The number of anilines is 1. The second kappa shape index (κ2) is 10.4. The van der Waals surface area contributed by atoms with Crippen molar-refractivity contribution in [3.63, 3.8) is 0 Å². The highest BCUT2D eigenvalue weighted by molar-refractivity contribution is 5.93. The van der Waals surface area contributed by atoms with Gasteiger partial charge in [0.15, 0.2) is 17.5 Å². The Labute approximate surface area is 159 Å². The van der Waals surface area contributed by atoms with Crippen LogP contribution in [-0.2, 0) is 13.2 Å². The number of halogens is 1. The summed E-state index contributed by atoms with van der Waals surface area (Å²) < 4.78 is 24.4. The predicted molar refractivity (Wildman–Crippen MR) is 105 cm³/mol. The van der Waals surface area contributed by atoms with Crippen LogP contribution in [0.5, 0.6) is 11.5 Å². The van der Waals surface area contributed by atoms with Crippen molar-refractivity contribution in [2.24, 2.45) is 4.99 Å². The molecule has 0 fully saturated rings. The second-order valence-corrected chi connectivity index (χ2v) is 5.70. The molecule has 2 aromatic rings. The number of aliphatic imine (C=N–C) groups is 1. The molecule has 0 unspecified atom stereocenters. The van der Waals surface area contributed by atoms with Crippen molar-refractivity contribution in [3.05, 3.63) is 53.3 Å². The maximum atomic E-state index is 13.5. The lowest BCUT2D eigenvalue weighted by atomic mass is 10.1. The molecule has 3 N–H and O–H groups in total. The lowest BCUT2D eigenvalue weighted by molar-refractivity contribution is 0.275. The smallest absolute Gasteiger partial charge is 0.196 e. The first-order chi connectivity index (χ1) is 13.1. The molecule has 0 aliphatic heterocycles. The highest BCUT2D eigenvalue weighted by Crippen LogP contribution is 2.30. The molecule has 6 nitrogen and oxygen atoms in total. The fourth-order valence-electron chi connectivity index (χ4n) is 2.48. The van der Waals surface area contributed by atoms with Gasteiger partial charge in [0.25, 0.3) is 0 Å². The molecule has 0 radical (unpaired) electrons. The Hall–Kier alpha value is -2.80. The fraction of sp³-hybridized carbons (Fsp3) is 0.350. The van der Waals surface area contributed by atoms with E-state index >= 15 is 0 Å². The van der Waals surface area contributed by atoms with Gasteiger partial charge in [0, 0.05) is 23.9 Å². The summed E-state index contributed by atoms with van der Waals surface area (Å²) in [6.45, 7) is 5.13. The molecule has 0 atom stereocenters. The standard InChI is InChI=1S/C20H26FN3O3/c1-4-22-20(23-12-14-6-8-17(21)15(10-14)13-25)24-16-7-9-18(27-5-2)19(11-16)26-3/h6-11,25H,4-5,12-13H2,1-3H3,(H2,22,23,24). The molecule has 0 amide bonds. The van der Waals surface area contributed by atoms with Gasteiger partial charge in [-0.05, 0) is 43.7 Å². The van der Waals surface area contributed by atoms with E-state index in [9.17, 15) is 9.50 Å². The number of guanidine groups is 1. The Morgan fingerprint density at radius 3 is 2.63 bits per heavy atom. The van der Waals surface area contributed by atoms with Crippen molar-refractivity contribution >= 4 is 11.6 Å². The van der Waals surface area contributed by atoms with Crippen molar-refractivity contribution < 1.29 is 19.0 Å². The number of nitrogens with zero attached hydrogens (tertiary/aromatic N) is 1. The summed E-state index contributed by atoms with van der Waals surface area (Å²) >= 11 is 0. The quantitative estimate of drug-likeness (QED) is 0.488. The molecule has 0 spiro atoms. The van der Waals surface area contributed by atoms with Gasteiger partial charge in [-0.25, -0.2) is 9.38 Å². The largest absolute Gasteiger partial charge is 0.493 e. The zero-order valence-electron chi connectivity index (χ0n) is 15.9. The maximum Gasteiger partial charge on any atom is 0.196 e. The summed E-state index contributed by atoms with van der Waals surface area (Å²) in [6.07, 6.45) is 0. The second-order valence-electron chi connectivity index (χ2n) is 5.70. The van der Waals surface area contributed by atoms with Crippen LogP contribution < -0.4 is 20.1 Å². The molecule has 2 aromatic carbocycles.